The van der Waals surface area contributed by atoms with Crippen molar-refractivity contribution in [2.75, 3.05) is 7.11 Å². The third-order valence-electron chi connectivity index (χ3n) is 1.94. The molecule has 0 radical (unpaired) electrons. The molecule has 0 amide bonds. The van der Waals surface area contributed by atoms with Gasteiger partial charge in [0.05, 0.1) is 18.0 Å². The number of benzene rings is 1. The monoisotopic (exact) mass is 191 g/mol. The Labute approximate surface area is 80.1 Å². The van der Waals surface area contributed by atoms with Crippen LogP contribution in [0.5, 0.6) is 5.75 Å². The van der Waals surface area contributed by atoms with Gasteiger partial charge in [-0.05, 0) is 12.1 Å². The highest BCUT2D eigenvalue weighted by Crippen LogP contribution is 2.16. The molecule has 1 aromatic heterocycles. The van der Waals surface area contributed by atoms with Crippen LogP contribution in [0.3, 0.4) is 0 Å². The summed E-state index contributed by atoms with van der Waals surface area (Å²) in [6.45, 7) is 1.64. The van der Waals surface area contributed by atoms with Gasteiger partial charge in [-0.15, -0.1) is 0 Å². The zero-order chi connectivity index (χ0) is 10.1. The Morgan fingerprint density at radius 1 is 1.43 bits per heavy atom. The van der Waals surface area contributed by atoms with E-state index in [0.29, 0.717) is 22.5 Å². The van der Waals surface area contributed by atoms with Gasteiger partial charge in [-0.1, -0.05) is 0 Å². The largest absolute Gasteiger partial charge is 0.497 e. The molecule has 4 heteroatoms. The lowest BCUT2D eigenvalue weighted by molar-refractivity contribution is 0.415. The number of aromatic nitrogens is 1. The third-order valence-corrected chi connectivity index (χ3v) is 1.94. The maximum atomic E-state index is 11.4. The quantitative estimate of drug-likeness (QED) is 0.685. The highest BCUT2D eigenvalue weighted by molar-refractivity contribution is 5.78. The van der Waals surface area contributed by atoms with Crippen LogP contribution < -0.4 is 10.4 Å². The van der Waals surface area contributed by atoms with Crippen LogP contribution in [0, 0.1) is 6.92 Å². The van der Waals surface area contributed by atoms with Gasteiger partial charge >= 0.3 is 5.63 Å². The Bertz CT molecular complexity index is 530. The molecule has 2 aromatic rings. The van der Waals surface area contributed by atoms with Crippen LogP contribution in [-0.2, 0) is 0 Å². The van der Waals surface area contributed by atoms with E-state index in [2.05, 4.69) is 4.98 Å². The molecule has 0 saturated heterocycles. The summed E-state index contributed by atoms with van der Waals surface area (Å²) in [4.78, 5) is 15.5. The molecule has 14 heavy (non-hydrogen) atoms. The Kier molecular flexibility index (Phi) is 1.96. The highest BCUT2D eigenvalue weighted by atomic mass is 16.5. The van der Waals surface area contributed by atoms with Gasteiger partial charge in [0.1, 0.15) is 5.75 Å². The smallest absolute Gasteiger partial charge is 0.346 e. The van der Waals surface area contributed by atoms with Gasteiger partial charge in [0, 0.05) is 13.0 Å². The van der Waals surface area contributed by atoms with E-state index < -0.39 is 0 Å². The molecule has 0 bridgehead atoms. The second-order valence-electron chi connectivity index (χ2n) is 2.90. The van der Waals surface area contributed by atoms with Crippen molar-refractivity contribution in [3.05, 3.63) is 34.5 Å². The summed E-state index contributed by atoms with van der Waals surface area (Å²) < 4.78 is 9.89. The first-order valence-corrected chi connectivity index (χ1v) is 4.16. The molecule has 0 aliphatic heterocycles. The SMILES string of the molecule is COc1ccc2c(=O)oc(C)nc2c1. The van der Waals surface area contributed by atoms with E-state index in [9.17, 15) is 4.79 Å². The summed E-state index contributed by atoms with van der Waals surface area (Å²) in [7, 11) is 1.57. The van der Waals surface area contributed by atoms with Crippen LogP contribution >= 0.6 is 0 Å². The molecule has 0 spiro atoms. The molecule has 0 saturated carbocycles. The number of fused-ring (bicyclic) bond motifs is 1. The lowest BCUT2D eigenvalue weighted by Crippen LogP contribution is -2.02. The second-order valence-corrected chi connectivity index (χ2v) is 2.90. The fourth-order valence-electron chi connectivity index (χ4n) is 1.29. The number of methoxy groups -OCH3 is 1. The van der Waals surface area contributed by atoms with Crippen LogP contribution in [0.15, 0.2) is 27.4 Å². The van der Waals surface area contributed by atoms with Gasteiger partial charge in [-0.3, -0.25) is 0 Å². The predicted molar refractivity (Wildman–Crippen MR) is 51.6 cm³/mol. The van der Waals surface area contributed by atoms with E-state index in [1.807, 2.05) is 0 Å². The predicted octanol–water partition coefficient (Wildman–Crippen LogP) is 1.51. The molecule has 1 heterocycles. The Balaban J connectivity index is 2.82. The molecule has 0 aliphatic rings. The van der Waals surface area contributed by atoms with E-state index in [-0.39, 0.29) is 5.63 Å². The Hall–Kier alpha value is -1.84. The molecule has 0 unspecified atom stereocenters. The van der Waals surface area contributed by atoms with Gasteiger partial charge in [-0.25, -0.2) is 9.78 Å². The van der Waals surface area contributed by atoms with Crippen molar-refractivity contribution >= 4 is 10.9 Å². The van der Waals surface area contributed by atoms with Gasteiger partial charge in [-0.2, -0.15) is 0 Å². The highest BCUT2D eigenvalue weighted by Gasteiger charge is 2.04. The van der Waals surface area contributed by atoms with Crippen molar-refractivity contribution in [2.24, 2.45) is 0 Å². The van der Waals surface area contributed by atoms with Crippen molar-refractivity contribution in [1.29, 1.82) is 0 Å². The number of nitrogens with zero attached hydrogens (tertiary/aromatic N) is 1. The number of ether oxygens (including phenoxy) is 1. The minimum Gasteiger partial charge on any atom is -0.497 e. The van der Waals surface area contributed by atoms with E-state index in [1.165, 1.54) is 0 Å². The molecule has 72 valence electrons. The number of hydrogen-bond donors (Lipinski definition) is 0. The molecule has 0 aliphatic carbocycles. The fourth-order valence-corrected chi connectivity index (χ4v) is 1.29. The van der Waals surface area contributed by atoms with Gasteiger partial charge in [0.2, 0.25) is 0 Å². The second kappa shape index (κ2) is 3.14. The number of aryl methyl sites for hydroxylation is 1. The van der Waals surface area contributed by atoms with Crippen molar-refractivity contribution < 1.29 is 9.15 Å². The minimum atomic E-state index is -0.366. The fraction of sp³-hybridized carbons (Fsp3) is 0.200. The summed E-state index contributed by atoms with van der Waals surface area (Å²) in [5.74, 6) is 1.03. The summed E-state index contributed by atoms with van der Waals surface area (Å²) >= 11 is 0. The Morgan fingerprint density at radius 3 is 2.93 bits per heavy atom. The lowest BCUT2D eigenvalue weighted by Gasteiger charge is -2.00. The van der Waals surface area contributed by atoms with E-state index >= 15 is 0 Å². The van der Waals surface area contributed by atoms with Crippen LogP contribution in [0.2, 0.25) is 0 Å². The topological polar surface area (TPSA) is 52.3 Å². The third kappa shape index (κ3) is 1.35. The van der Waals surface area contributed by atoms with Crippen LogP contribution in [0.1, 0.15) is 5.89 Å². The first-order valence-electron chi connectivity index (χ1n) is 4.16. The zero-order valence-electron chi connectivity index (χ0n) is 7.90. The average molecular weight is 191 g/mol. The number of hydrogen-bond acceptors (Lipinski definition) is 4. The standard InChI is InChI=1S/C10H9NO3/c1-6-11-9-5-7(13-2)3-4-8(9)10(12)14-6/h3-5H,1-2H3. The number of rotatable bonds is 1. The van der Waals surface area contributed by atoms with Crippen molar-refractivity contribution in [3.8, 4) is 5.75 Å². The average Bonchev–Trinajstić information content (AvgIpc) is 2.16. The van der Waals surface area contributed by atoms with Crippen molar-refractivity contribution in [1.82, 2.24) is 4.98 Å². The maximum Gasteiger partial charge on any atom is 0.346 e. The maximum absolute atomic E-state index is 11.4. The zero-order valence-corrected chi connectivity index (χ0v) is 7.90. The van der Waals surface area contributed by atoms with E-state index in [1.54, 1.807) is 32.2 Å². The summed E-state index contributed by atoms with van der Waals surface area (Å²) in [5, 5.41) is 0.469. The molecule has 0 N–H and O–H groups in total. The van der Waals surface area contributed by atoms with Crippen LogP contribution in [0.25, 0.3) is 10.9 Å². The molecule has 0 atom stereocenters. The molecular weight excluding hydrogens is 182 g/mol. The minimum absolute atomic E-state index is 0.357. The molecular formula is C10H9NO3. The summed E-state index contributed by atoms with van der Waals surface area (Å²) in [6.07, 6.45) is 0. The molecule has 4 nitrogen and oxygen atoms in total. The Morgan fingerprint density at radius 2 is 2.21 bits per heavy atom. The first-order chi connectivity index (χ1) is 6.70. The van der Waals surface area contributed by atoms with E-state index in [4.69, 9.17) is 9.15 Å². The summed E-state index contributed by atoms with van der Waals surface area (Å²) in [6, 6.07) is 5.06. The van der Waals surface area contributed by atoms with E-state index in [0.717, 1.165) is 0 Å². The van der Waals surface area contributed by atoms with Gasteiger partial charge in [0.15, 0.2) is 5.89 Å². The van der Waals surface area contributed by atoms with Crippen molar-refractivity contribution in [2.45, 2.75) is 6.92 Å². The molecule has 1 aromatic carbocycles. The summed E-state index contributed by atoms with van der Waals surface area (Å²) in [5.41, 5.74) is 0.230. The van der Waals surface area contributed by atoms with Gasteiger partial charge in [0.25, 0.3) is 0 Å². The lowest BCUT2D eigenvalue weighted by atomic mass is 10.2. The normalized spacial score (nSPS) is 10.4. The first kappa shape index (κ1) is 8.74. The molecule has 0 fully saturated rings. The van der Waals surface area contributed by atoms with Gasteiger partial charge < -0.3 is 9.15 Å². The van der Waals surface area contributed by atoms with Crippen LogP contribution in [-0.4, -0.2) is 12.1 Å². The van der Waals surface area contributed by atoms with Crippen molar-refractivity contribution in [3.63, 3.8) is 0 Å². The molecule has 2 rings (SSSR count). The van der Waals surface area contributed by atoms with Crippen LogP contribution in [0.4, 0.5) is 0 Å².